The highest BCUT2D eigenvalue weighted by Gasteiger charge is 2.10. The zero-order valence-electron chi connectivity index (χ0n) is 17.0. The van der Waals surface area contributed by atoms with Gasteiger partial charge in [0.1, 0.15) is 17.4 Å². The molecule has 1 atom stereocenters. The molecule has 0 heterocycles. The molecule has 0 aromatic heterocycles. The molecule has 0 aliphatic rings. The number of benzene rings is 3. The minimum Gasteiger partial charge on any atom is -0.494 e. The molecule has 0 fully saturated rings. The summed E-state index contributed by atoms with van der Waals surface area (Å²) in [6, 6.07) is 18.8. The zero-order valence-corrected chi connectivity index (χ0v) is 17.0. The lowest BCUT2D eigenvalue weighted by Gasteiger charge is -2.13. The van der Waals surface area contributed by atoms with Gasteiger partial charge in [-0.05, 0) is 85.8 Å². The SMILES string of the molecule is C#CC(CCCc1ccc(F)c(Nc2ccc(F)cc2)c1)c1ccc(OCC)cc1. The largest absolute Gasteiger partial charge is 0.494 e. The molecule has 154 valence electrons. The van der Waals surface area contributed by atoms with Crippen LogP contribution in [0.25, 0.3) is 0 Å². The van der Waals surface area contributed by atoms with Crippen LogP contribution in [0.2, 0.25) is 0 Å². The fourth-order valence-electron chi connectivity index (χ4n) is 3.33. The van der Waals surface area contributed by atoms with Gasteiger partial charge in [0.25, 0.3) is 0 Å². The summed E-state index contributed by atoms with van der Waals surface area (Å²) in [6.45, 7) is 2.59. The molecule has 0 aliphatic carbocycles. The second-order valence-electron chi connectivity index (χ2n) is 7.06. The Bertz CT molecular complexity index is 991. The molecule has 1 unspecified atom stereocenters. The molecular weight excluding hydrogens is 380 g/mol. The standard InChI is InChI=1S/C26H25F2NO/c1-3-20(21-9-15-24(16-10-21)30-4-2)7-5-6-19-8-17-25(28)26(18-19)29-23-13-11-22(27)12-14-23/h1,8-18,20,29H,4-7H2,2H3. The number of terminal acetylenes is 1. The van der Waals surface area contributed by atoms with Crippen LogP contribution in [0.15, 0.2) is 66.7 Å². The summed E-state index contributed by atoms with van der Waals surface area (Å²) in [5.74, 6) is 3.06. The van der Waals surface area contributed by atoms with E-state index in [0.29, 0.717) is 18.0 Å². The van der Waals surface area contributed by atoms with E-state index < -0.39 is 0 Å². The number of aryl methyl sites for hydroxylation is 1. The van der Waals surface area contributed by atoms with E-state index in [2.05, 4.69) is 11.2 Å². The highest BCUT2D eigenvalue weighted by Crippen LogP contribution is 2.26. The van der Waals surface area contributed by atoms with Gasteiger partial charge < -0.3 is 10.1 Å². The molecule has 0 radical (unpaired) electrons. The van der Waals surface area contributed by atoms with Crippen LogP contribution in [0, 0.1) is 24.0 Å². The molecule has 0 bridgehead atoms. The van der Waals surface area contributed by atoms with Crippen molar-refractivity contribution in [1.29, 1.82) is 0 Å². The molecule has 2 nitrogen and oxygen atoms in total. The summed E-state index contributed by atoms with van der Waals surface area (Å²) in [5.41, 5.74) is 3.12. The van der Waals surface area contributed by atoms with E-state index in [4.69, 9.17) is 11.2 Å². The van der Waals surface area contributed by atoms with Crippen LogP contribution in [0.4, 0.5) is 20.2 Å². The van der Waals surface area contributed by atoms with Gasteiger partial charge in [-0.25, -0.2) is 8.78 Å². The minimum absolute atomic E-state index is 0.0259. The number of nitrogens with one attached hydrogen (secondary N) is 1. The fourth-order valence-corrected chi connectivity index (χ4v) is 3.33. The molecule has 0 saturated carbocycles. The van der Waals surface area contributed by atoms with Gasteiger partial charge in [0, 0.05) is 11.6 Å². The Kier molecular flexibility index (Phi) is 7.45. The molecule has 0 saturated heterocycles. The van der Waals surface area contributed by atoms with E-state index in [9.17, 15) is 8.78 Å². The zero-order chi connectivity index (χ0) is 21.3. The van der Waals surface area contributed by atoms with Gasteiger partial charge in [-0.2, -0.15) is 0 Å². The van der Waals surface area contributed by atoms with Crippen LogP contribution in [-0.2, 0) is 6.42 Å². The van der Waals surface area contributed by atoms with E-state index in [1.165, 1.54) is 18.2 Å². The van der Waals surface area contributed by atoms with Crippen molar-refractivity contribution >= 4 is 11.4 Å². The average Bonchev–Trinajstić information content (AvgIpc) is 2.76. The van der Waals surface area contributed by atoms with Crippen molar-refractivity contribution in [2.75, 3.05) is 11.9 Å². The van der Waals surface area contributed by atoms with E-state index >= 15 is 0 Å². The summed E-state index contributed by atoms with van der Waals surface area (Å²) < 4.78 is 32.7. The first kappa shape index (κ1) is 21.4. The molecule has 0 amide bonds. The van der Waals surface area contributed by atoms with Gasteiger partial charge in [0.2, 0.25) is 0 Å². The highest BCUT2D eigenvalue weighted by molar-refractivity contribution is 5.60. The second-order valence-corrected chi connectivity index (χ2v) is 7.06. The first-order valence-corrected chi connectivity index (χ1v) is 10.1. The molecule has 30 heavy (non-hydrogen) atoms. The third kappa shape index (κ3) is 5.84. The molecule has 0 spiro atoms. The van der Waals surface area contributed by atoms with Crippen molar-refractivity contribution in [2.24, 2.45) is 0 Å². The van der Waals surface area contributed by atoms with Crippen molar-refractivity contribution in [1.82, 2.24) is 0 Å². The third-order valence-electron chi connectivity index (χ3n) is 4.91. The molecule has 3 aromatic rings. The molecule has 3 rings (SSSR count). The average molecular weight is 405 g/mol. The lowest BCUT2D eigenvalue weighted by molar-refractivity contribution is 0.340. The number of anilines is 2. The van der Waals surface area contributed by atoms with E-state index in [-0.39, 0.29) is 17.6 Å². The second kappa shape index (κ2) is 10.5. The van der Waals surface area contributed by atoms with Crippen LogP contribution < -0.4 is 10.1 Å². The molecule has 4 heteroatoms. The molecule has 0 aliphatic heterocycles. The monoisotopic (exact) mass is 405 g/mol. The van der Waals surface area contributed by atoms with Gasteiger partial charge in [0.15, 0.2) is 0 Å². The smallest absolute Gasteiger partial charge is 0.146 e. The van der Waals surface area contributed by atoms with Crippen molar-refractivity contribution in [3.63, 3.8) is 0 Å². The highest BCUT2D eigenvalue weighted by atomic mass is 19.1. The van der Waals surface area contributed by atoms with Gasteiger partial charge in [-0.1, -0.05) is 24.1 Å². The van der Waals surface area contributed by atoms with Gasteiger partial charge in [-0.3, -0.25) is 0 Å². The lowest BCUT2D eigenvalue weighted by Crippen LogP contribution is -1.99. The summed E-state index contributed by atoms with van der Waals surface area (Å²) in [6.07, 6.45) is 8.25. The Hall–Kier alpha value is -3.32. The van der Waals surface area contributed by atoms with Crippen LogP contribution in [0.3, 0.4) is 0 Å². The van der Waals surface area contributed by atoms with Crippen molar-refractivity contribution in [3.8, 4) is 18.1 Å². The molecule has 3 aromatic carbocycles. The Morgan fingerprint density at radius 2 is 1.73 bits per heavy atom. The van der Waals surface area contributed by atoms with Crippen molar-refractivity contribution in [3.05, 3.63) is 89.5 Å². The fraction of sp³-hybridized carbons (Fsp3) is 0.231. The number of hydrogen-bond donors (Lipinski definition) is 1. The molecule has 1 N–H and O–H groups in total. The summed E-state index contributed by atoms with van der Waals surface area (Å²) in [5, 5.41) is 3.01. The van der Waals surface area contributed by atoms with Crippen LogP contribution in [0.1, 0.15) is 36.8 Å². The van der Waals surface area contributed by atoms with E-state index in [1.54, 1.807) is 24.3 Å². The molecular formula is C26H25F2NO. The summed E-state index contributed by atoms with van der Waals surface area (Å²) in [7, 11) is 0. The van der Waals surface area contributed by atoms with E-state index in [0.717, 1.165) is 36.1 Å². The number of halogens is 2. The summed E-state index contributed by atoms with van der Waals surface area (Å²) in [4.78, 5) is 0. The van der Waals surface area contributed by atoms with Crippen LogP contribution in [0.5, 0.6) is 5.75 Å². The Morgan fingerprint density at radius 3 is 2.40 bits per heavy atom. The third-order valence-corrected chi connectivity index (χ3v) is 4.91. The van der Waals surface area contributed by atoms with Crippen molar-refractivity contribution in [2.45, 2.75) is 32.1 Å². The number of ether oxygens (including phenoxy) is 1. The van der Waals surface area contributed by atoms with Crippen LogP contribution >= 0.6 is 0 Å². The Morgan fingerprint density at radius 1 is 1.00 bits per heavy atom. The predicted molar refractivity (Wildman–Crippen MR) is 118 cm³/mol. The maximum Gasteiger partial charge on any atom is 0.146 e. The Balaban J connectivity index is 1.59. The van der Waals surface area contributed by atoms with Crippen molar-refractivity contribution < 1.29 is 13.5 Å². The first-order chi connectivity index (χ1) is 14.6. The normalized spacial score (nSPS) is 11.5. The number of hydrogen-bond acceptors (Lipinski definition) is 2. The quantitative estimate of drug-likeness (QED) is 0.393. The first-order valence-electron chi connectivity index (χ1n) is 10.1. The topological polar surface area (TPSA) is 21.3 Å². The lowest BCUT2D eigenvalue weighted by atomic mass is 9.93. The van der Waals surface area contributed by atoms with E-state index in [1.807, 2.05) is 31.2 Å². The minimum atomic E-state index is -0.348. The summed E-state index contributed by atoms with van der Waals surface area (Å²) >= 11 is 0. The van der Waals surface area contributed by atoms with Gasteiger partial charge in [0.05, 0.1) is 12.3 Å². The maximum atomic E-state index is 14.2. The predicted octanol–water partition coefficient (Wildman–Crippen LogP) is 6.85. The Labute approximate surface area is 176 Å². The maximum absolute atomic E-state index is 14.2. The number of rotatable bonds is 9. The van der Waals surface area contributed by atoms with Crippen LogP contribution in [-0.4, -0.2) is 6.61 Å². The van der Waals surface area contributed by atoms with Gasteiger partial charge in [-0.15, -0.1) is 6.42 Å². The van der Waals surface area contributed by atoms with Gasteiger partial charge >= 0.3 is 0 Å².